The summed E-state index contributed by atoms with van der Waals surface area (Å²) < 4.78 is 0. The molecule has 0 rings (SSSR count). The Morgan fingerprint density at radius 3 is 2.40 bits per heavy atom. The summed E-state index contributed by atoms with van der Waals surface area (Å²) in [5.41, 5.74) is -0.289. The van der Waals surface area contributed by atoms with Gasteiger partial charge in [-0.05, 0) is 12.3 Å². The summed E-state index contributed by atoms with van der Waals surface area (Å²) in [6.45, 7) is 5.92. The van der Waals surface area contributed by atoms with Gasteiger partial charge in [0.25, 0.3) is 0 Å². The zero-order valence-corrected chi connectivity index (χ0v) is 6.92. The van der Waals surface area contributed by atoms with E-state index >= 15 is 0 Å². The normalized spacial score (nSPS) is 14.8. The zero-order chi connectivity index (χ0) is 8.20. The van der Waals surface area contributed by atoms with Crippen molar-refractivity contribution in [3.63, 3.8) is 0 Å². The van der Waals surface area contributed by atoms with Crippen LogP contribution in [0.15, 0.2) is 0 Å². The minimum atomic E-state index is -0.289. The SMILES string of the molecule is C[C@H](CCO)C(C)(C)C=O. The molecule has 1 N–H and O–H groups in total. The van der Waals surface area contributed by atoms with E-state index in [2.05, 4.69) is 0 Å². The van der Waals surface area contributed by atoms with Gasteiger partial charge in [0.05, 0.1) is 0 Å². The molecule has 2 nitrogen and oxygen atoms in total. The zero-order valence-electron chi connectivity index (χ0n) is 6.92. The van der Waals surface area contributed by atoms with Crippen LogP contribution in [0.5, 0.6) is 0 Å². The lowest BCUT2D eigenvalue weighted by Gasteiger charge is -2.24. The monoisotopic (exact) mass is 144 g/mol. The quantitative estimate of drug-likeness (QED) is 0.602. The number of hydrogen-bond acceptors (Lipinski definition) is 2. The Labute approximate surface area is 62.2 Å². The molecule has 0 aliphatic heterocycles. The molecule has 0 saturated heterocycles. The first-order chi connectivity index (χ1) is 4.54. The first-order valence-electron chi connectivity index (χ1n) is 3.61. The molecular weight excluding hydrogens is 128 g/mol. The maximum absolute atomic E-state index is 10.5. The lowest BCUT2D eigenvalue weighted by atomic mass is 9.80. The van der Waals surface area contributed by atoms with Gasteiger partial charge in [0.15, 0.2) is 0 Å². The third kappa shape index (κ3) is 2.48. The number of carbonyl (C=O) groups is 1. The number of aliphatic hydroxyl groups is 1. The Balaban J connectivity index is 3.90. The van der Waals surface area contributed by atoms with Crippen molar-refractivity contribution in [2.24, 2.45) is 11.3 Å². The van der Waals surface area contributed by atoms with Crippen molar-refractivity contribution in [3.8, 4) is 0 Å². The van der Waals surface area contributed by atoms with Gasteiger partial charge in [0, 0.05) is 12.0 Å². The second-order valence-electron chi connectivity index (χ2n) is 3.35. The highest BCUT2D eigenvalue weighted by molar-refractivity contribution is 5.58. The first kappa shape index (κ1) is 9.63. The van der Waals surface area contributed by atoms with Crippen molar-refractivity contribution < 1.29 is 9.90 Å². The summed E-state index contributed by atoms with van der Waals surface area (Å²) in [5, 5.41) is 8.58. The predicted octanol–water partition coefficient (Wildman–Crippen LogP) is 1.23. The van der Waals surface area contributed by atoms with Crippen LogP contribution in [-0.4, -0.2) is 18.0 Å². The summed E-state index contributed by atoms with van der Waals surface area (Å²) in [4.78, 5) is 10.5. The molecular formula is C8H16O2. The minimum absolute atomic E-state index is 0.165. The minimum Gasteiger partial charge on any atom is -0.396 e. The first-order valence-corrected chi connectivity index (χ1v) is 3.61. The molecule has 0 amide bonds. The van der Waals surface area contributed by atoms with Gasteiger partial charge < -0.3 is 9.90 Å². The van der Waals surface area contributed by atoms with Crippen molar-refractivity contribution in [3.05, 3.63) is 0 Å². The average Bonchev–Trinajstić information content (AvgIpc) is 1.89. The van der Waals surface area contributed by atoms with Crippen molar-refractivity contribution in [1.82, 2.24) is 0 Å². The van der Waals surface area contributed by atoms with Gasteiger partial charge in [-0.15, -0.1) is 0 Å². The van der Waals surface area contributed by atoms with Gasteiger partial charge in [0.1, 0.15) is 6.29 Å². The molecule has 1 atom stereocenters. The van der Waals surface area contributed by atoms with Crippen LogP contribution in [0.1, 0.15) is 27.2 Å². The molecule has 0 unspecified atom stereocenters. The highest BCUT2D eigenvalue weighted by Crippen LogP contribution is 2.25. The lowest BCUT2D eigenvalue weighted by Crippen LogP contribution is -2.23. The molecule has 0 aromatic rings. The molecule has 60 valence electrons. The molecule has 0 bridgehead atoms. The number of aliphatic hydroxyl groups excluding tert-OH is 1. The van der Waals surface area contributed by atoms with E-state index in [-0.39, 0.29) is 17.9 Å². The van der Waals surface area contributed by atoms with E-state index < -0.39 is 0 Å². The van der Waals surface area contributed by atoms with Crippen molar-refractivity contribution in [1.29, 1.82) is 0 Å². The summed E-state index contributed by atoms with van der Waals surface area (Å²) in [5.74, 6) is 0.259. The van der Waals surface area contributed by atoms with E-state index in [1.807, 2.05) is 20.8 Å². The molecule has 0 aromatic heterocycles. The topological polar surface area (TPSA) is 37.3 Å². The number of carbonyl (C=O) groups excluding carboxylic acids is 1. The van der Waals surface area contributed by atoms with Crippen LogP contribution in [0, 0.1) is 11.3 Å². The van der Waals surface area contributed by atoms with Gasteiger partial charge in [-0.2, -0.15) is 0 Å². The van der Waals surface area contributed by atoms with Gasteiger partial charge in [-0.1, -0.05) is 20.8 Å². The third-order valence-corrected chi connectivity index (χ3v) is 2.14. The molecule has 0 aromatic carbocycles. The Morgan fingerprint density at radius 2 is 2.10 bits per heavy atom. The number of rotatable bonds is 4. The maximum atomic E-state index is 10.5. The fraction of sp³-hybridized carbons (Fsp3) is 0.875. The van der Waals surface area contributed by atoms with Crippen LogP contribution in [0.25, 0.3) is 0 Å². The number of aldehydes is 1. The van der Waals surface area contributed by atoms with Gasteiger partial charge >= 0.3 is 0 Å². The second kappa shape index (κ2) is 3.71. The second-order valence-corrected chi connectivity index (χ2v) is 3.35. The summed E-state index contributed by atoms with van der Waals surface area (Å²) in [6.07, 6.45) is 1.65. The maximum Gasteiger partial charge on any atom is 0.125 e. The standard InChI is InChI=1S/C8H16O2/c1-7(4-5-9)8(2,3)6-10/h6-7,9H,4-5H2,1-3H3/t7-/m1/s1. The average molecular weight is 144 g/mol. The lowest BCUT2D eigenvalue weighted by molar-refractivity contribution is -0.117. The van der Waals surface area contributed by atoms with E-state index in [0.29, 0.717) is 6.42 Å². The van der Waals surface area contributed by atoms with Crippen LogP contribution in [0.4, 0.5) is 0 Å². The molecule has 0 heterocycles. The van der Waals surface area contributed by atoms with Gasteiger partial charge in [-0.25, -0.2) is 0 Å². The molecule has 0 spiro atoms. The van der Waals surface area contributed by atoms with Crippen molar-refractivity contribution in [2.45, 2.75) is 27.2 Å². The smallest absolute Gasteiger partial charge is 0.125 e. The Hall–Kier alpha value is -0.370. The molecule has 2 heteroatoms. The summed E-state index contributed by atoms with van der Waals surface area (Å²) >= 11 is 0. The largest absolute Gasteiger partial charge is 0.396 e. The van der Waals surface area contributed by atoms with E-state index in [1.54, 1.807) is 0 Å². The molecule has 0 fully saturated rings. The van der Waals surface area contributed by atoms with E-state index in [1.165, 1.54) is 0 Å². The summed E-state index contributed by atoms with van der Waals surface area (Å²) in [7, 11) is 0. The van der Waals surface area contributed by atoms with Gasteiger partial charge in [0.2, 0.25) is 0 Å². The van der Waals surface area contributed by atoms with Crippen molar-refractivity contribution in [2.75, 3.05) is 6.61 Å². The Morgan fingerprint density at radius 1 is 1.60 bits per heavy atom. The van der Waals surface area contributed by atoms with E-state index in [4.69, 9.17) is 5.11 Å². The Bertz CT molecular complexity index is 108. The molecule has 0 saturated carbocycles. The van der Waals surface area contributed by atoms with Crippen LogP contribution in [0.3, 0.4) is 0 Å². The predicted molar refractivity (Wildman–Crippen MR) is 40.7 cm³/mol. The van der Waals surface area contributed by atoms with Crippen molar-refractivity contribution >= 4 is 6.29 Å². The number of hydrogen-bond donors (Lipinski definition) is 1. The highest BCUT2D eigenvalue weighted by Gasteiger charge is 2.23. The Kier molecular flexibility index (Phi) is 3.58. The van der Waals surface area contributed by atoms with E-state index in [9.17, 15) is 4.79 Å². The van der Waals surface area contributed by atoms with Gasteiger partial charge in [-0.3, -0.25) is 0 Å². The van der Waals surface area contributed by atoms with E-state index in [0.717, 1.165) is 6.29 Å². The summed E-state index contributed by atoms with van der Waals surface area (Å²) in [6, 6.07) is 0. The molecule has 0 radical (unpaired) electrons. The molecule has 10 heavy (non-hydrogen) atoms. The fourth-order valence-electron chi connectivity index (χ4n) is 0.682. The van der Waals surface area contributed by atoms with Crippen LogP contribution >= 0.6 is 0 Å². The van der Waals surface area contributed by atoms with Crippen LogP contribution < -0.4 is 0 Å². The van der Waals surface area contributed by atoms with Crippen LogP contribution in [-0.2, 0) is 4.79 Å². The molecule has 0 aliphatic rings. The third-order valence-electron chi connectivity index (χ3n) is 2.14. The highest BCUT2D eigenvalue weighted by atomic mass is 16.3. The molecule has 0 aliphatic carbocycles. The van der Waals surface area contributed by atoms with Crippen LogP contribution in [0.2, 0.25) is 0 Å². The fourth-order valence-corrected chi connectivity index (χ4v) is 0.682.